The topological polar surface area (TPSA) is 80.8 Å². The van der Waals surface area contributed by atoms with Crippen LogP contribution in [0.25, 0.3) is 10.4 Å². The molecule has 198 valence electrons. The molecule has 0 spiro atoms. The van der Waals surface area contributed by atoms with Crippen LogP contribution in [0.5, 0.6) is 11.5 Å². The summed E-state index contributed by atoms with van der Waals surface area (Å²) in [5.41, 5.74) is 3.81. The van der Waals surface area contributed by atoms with Gasteiger partial charge in [0.25, 0.3) is 5.91 Å². The third kappa shape index (κ3) is 5.27. The second kappa shape index (κ2) is 10.8. The number of nitrogens with zero attached hydrogens (tertiary/aromatic N) is 2. The van der Waals surface area contributed by atoms with E-state index >= 15 is 0 Å². The first-order chi connectivity index (χ1) is 18.6. The predicted octanol–water partition coefficient (Wildman–Crippen LogP) is 6.10. The second-order valence-corrected chi connectivity index (χ2v) is 11.5. The molecule has 0 unspecified atom stereocenters. The molecule has 1 saturated heterocycles. The lowest BCUT2D eigenvalue weighted by Crippen LogP contribution is -2.50. The summed E-state index contributed by atoms with van der Waals surface area (Å²) >= 11 is 1.66. The van der Waals surface area contributed by atoms with E-state index in [1.54, 1.807) is 17.4 Å². The number of amides is 2. The van der Waals surface area contributed by atoms with Crippen LogP contribution in [0.4, 0.5) is 4.79 Å². The summed E-state index contributed by atoms with van der Waals surface area (Å²) in [7, 11) is 0. The molecule has 0 radical (unpaired) electrons. The number of hydrogen-bond donors (Lipinski definition) is 1. The molecule has 1 aliphatic carbocycles. The lowest BCUT2D eigenvalue weighted by atomic mass is 10.0. The normalized spacial score (nSPS) is 18.9. The molecule has 3 aliphatic rings. The molecule has 2 aromatic carbocycles. The first-order valence-corrected chi connectivity index (χ1v) is 14.5. The van der Waals surface area contributed by atoms with E-state index in [2.05, 4.69) is 30.4 Å². The highest BCUT2D eigenvalue weighted by Crippen LogP contribution is 2.45. The number of ether oxygens (including phenoxy) is 2. The largest absolute Gasteiger partial charge is 0.489 e. The highest BCUT2D eigenvalue weighted by Gasteiger charge is 2.34. The molecular weight excluding hydrogens is 498 g/mol. The number of aryl methyl sites for hydroxylation is 2. The zero-order valence-corrected chi connectivity index (χ0v) is 22.5. The Kier molecular flexibility index (Phi) is 7.06. The summed E-state index contributed by atoms with van der Waals surface area (Å²) in [5.74, 6) is 1.53. The number of thiazole rings is 1. The number of piperidine rings is 1. The minimum Gasteiger partial charge on any atom is -0.489 e. The quantitative estimate of drug-likeness (QED) is 0.415. The van der Waals surface area contributed by atoms with Crippen LogP contribution < -0.4 is 14.8 Å². The summed E-state index contributed by atoms with van der Waals surface area (Å²) in [6, 6.07) is 13.8. The monoisotopic (exact) mass is 531 g/mol. The van der Waals surface area contributed by atoms with Gasteiger partial charge in [0.15, 0.2) is 11.5 Å². The van der Waals surface area contributed by atoms with E-state index in [9.17, 15) is 9.59 Å². The van der Waals surface area contributed by atoms with Crippen molar-refractivity contribution < 1.29 is 19.1 Å². The molecule has 1 atom stereocenters. The van der Waals surface area contributed by atoms with Gasteiger partial charge >= 0.3 is 6.09 Å². The molecule has 8 heteroatoms. The molecule has 7 nitrogen and oxygen atoms in total. The Morgan fingerprint density at radius 3 is 2.84 bits per heavy atom. The average molecular weight is 532 g/mol. The molecule has 1 aromatic heterocycles. The van der Waals surface area contributed by atoms with Gasteiger partial charge in [-0.05, 0) is 69.1 Å². The number of hydrogen-bond acceptors (Lipinski definition) is 6. The van der Waals surface area contributed by atoms with Gasteiger partial charge in [-0.15, -0.1) is 11.3 Å². The van der Waals surface area contributed by atoms with Crippen molar-refractivity contribution >= 4 is 23.3 Å². The van der Waals surface area contributed by atoms with Crippen molar-refractivity contribution in [2.75, 3.05) is 19.7 Å². The third-order valence-corrected chi connectivity index (χ3v) is 8.79. The third-order valence-electron chi connectivity index (χ3n) is 7.52. The Morgan fingerprint density at radius 1 is 1.13 bits per heavy atom. The van der Waals surface area contributed by atoms with Gasteiger partial charge in [0.05, 0.1) is 16.5 Å². The standard InChI is InChI=1S/C30H33N3O4S/c1-19-7-4-9-22(17-19)27-25(32-28(38-27)21-13-14-21)29(34)33-15-3-2-11-23(33)18-31-30(35)37-24-12-5-8-20-10-6-16-36-26(20)24/h4-5,7-9,12,17,21,23H,2-3,6,10-11,13-16,18H2,1H3,(H,31,35)/t23-/m0/s1. The summed E-state index contributed by atoms with van der Waals surface area (Å²) < 4.78 is 11.4. The van der Waals surface area contributed by atoms with Gasteiger partial charge < -0.3 is 19.7 Å². The Hall–Kier alpha value is -3.39. The van der Waals surface area contributed by atoms with Crippen molar-refractivity contribution in [2.24, 2.45) is 0 Å². The molecule has 0 bridgehead atoms. The fraction of sp³-hybridized carbons (Fsp3) is 0.433. The summed E-state index contributed by atoms with van der Waals surface area (Å²) in [6.07, 6.45) is 6.41. The van der Waals surface area contributed by atoms with Gasteiger partial charge in [-0.1, -0.05) is 42.0 Å². The van der Waals surface area contributed by atoms with Crippen LogP contribution in [0.2, 0.25) is 0 Å². The van der Waals surface area contributed by atoms with Crippen LogP contribution in [0.3, 0.4) is 0 Å². The maximum atomic E-state index is 14.0. The Morgan fingerprint density at radius 2 is 2.00 bits per heavy atom. The molecule has 2 amide bonds. The first kappa shape index (κ1) is 24.9. The number of carbonyl (C=O) groups excluding carboxylic acids is 2. The molecule has 6 rings (SSSR count). The van der Waals surface area contributed by atoms with Crippen LogP contribution in [-0.4, -0.2) is 47.6 Å². The number of para-hydroxylation sites is 1. The number of fused-ring (bicyclic) bond motifs is 1. The van der Waals surface area contributed by atoms with Gasteiger partial charge in [-0.3, -0.25) is 4.79 Å². The van der Waals surface area contributed by atoms with Crippen LogP contribution in [0.1, 0.15) is 71.1 Å². The predicted molar refractivity (Wildman–Crippen MR) is 147 cm³/mol. The molecule has 3 aromatic rings. The molecule has 1 N–H and O–H groups in total. The maximum Gasteiger partial charge on any atom is 0.412 e. The average Bonchev–Trinajstić information content (AvgIpc) is 3.70. The van der Waals surface area contributed by atoms with E-state index < -0.39 is 6.09 Å². The molecular formula is C30H33N3O4S. The number of carbonyl (C=O) groups is 2. The van der Waals surface area contributed by atoms with Crippen molar-refractivity contribution in [3.8, 4) is 21.9 Å². The molecule has 2 aliphatic heterocycles. The van der Waals surface area contributed by atoms with E-state index in [1.807, 2.05) is 23.1 Å². The van der Waals surface area contributed by atoms with Gasteiger partial charge in [-0.2, -0.15) is 0 Å². The van der Waals surface area contributed by atoms with Gasteiger partial charge in [0.1, 0.15) is 5.69 Å². The summed E-state index contributed by atoms with van der Waals surface area (Å²) in [5, 5.41) is 3.97. The number of rotatable bonds is 6. The maximum absolute atomic E-state index is 14.0. The smallest absolute Gasteiger partial charge is 0.412 e. The Labute approximate surface area is 227 Å². The lowest BCUT2D eigenvalue weighted by molar-refractivity contribution is 0.0607. The van der Waals surface area contributed by atoms with Crippen LogP contribution >= 0.6 is 11.3 Å². The van der Waals surface area contributed by atoms with Gasteiger partial charge in [0.2, 0.25) is 0 Å². The first-order valence-electron chi connectivity index (χ1n) is 13.7. The van der Waals surface area contributed by atoms with E-state index in [4.69, 9.17) is 14.5 Å². The molecule has 38 heavy (non-hydrogen) atoms. The molecule has 2 fully saturated rings. The van der Waals surface area contributed by atoms with E-state index in [1.165, 1.54) is 0 Å². The van der Waals surface area contributed by atoms with Crippen LogP contribution in [0.15, 0.2) is 42.5 Å². The van der Waals surface area contributed by atoms with Gasteiger partial charge in [0, 0.05) is 25.0 Å². The number of benzene rings is 2. The zero-order chi connectivity index (χ0) is 26.1. The number of nitrogens with one attached hydrogen (secondary N) is 1. The highest BCUT2D eigenvalue weighted by molar-refractivity contribution is 7.15. The zero-order valence-electron chi connectivity index (χ0n) is 21.7. The second-order valence-electron chi connectivity index (χ2n) is 10.5. The van der Waals surface area contributed by atoms with E-state index in [0.29, 0.717) is 42.8 Å². The minimum absolute atomic E-state index is 0.0462. The number of aromatic nitrogens is 1. The van der Waals surface area contributed by atoms with Crippen molar-refractivity contribution in [2.45, 2.75) is 63.8 Å². The van der Waals surface area contributed by atoms with Crippen molar-refractivity contribution in [1.82, 2.24) is 15.2 Å². The van der Waals surface area contributed by atoms with E-state index in [0.717, 1.165) is 71.5 Å². The molecule has 1 saturated carbocycles. The molecule has 3 heterocycles. The fourth-order valence-corrected chi connectivity index (χ4v) is 6.58. The minimum atomic E-state index is -0.532. The number of likely N-dealkylation sites (tertiary alicyclic amines) is 1. The SMILES string of the molecule is Cc1cccc(-c2sc(C3CC3)nc2C(=O)N2CCCC[C@H]2CNC(=O)Oc2cccc3c2OCCC3)c1. The van der Waals surface area contributed by atoms with Crippen LogP contribution in [0, 0.1) is 6.92 Å². The Balaban J connectivity index is 1.17. The van der Waals surface area contributed by atoms with Crippen molar-refractivity contribution in [3.63, 3.8) is 0 Å². The Bertz CT molecular complexity index is 1350. The van der Waals surface area contributed by atoms with Gasteiger partial charge in [-0.25, -0.2) is 9.78 Å². The van der Waals surface area contributed by atoms with Crippen LogP contribution in [-0.2, 0) is 6.42 Å². The summed E-state index contributed by atoms with van der Waals surface area (Å²) in [4.78, 5) is 34.4. The highest BCUT2D eigenvalue weighted by atomic mass is 32.1. The van der Waals surface area contributed by atoms with E-state index in [-0.39, 0.29) is 11.9 Å². The fourth-order valence-electron chi connectivity index (χ4n) is 5.36. The van der Waals surface area contributed by atoms with Crippen molar-refractivity contribution in [1.29, 1.82) is 0 Å². The summed E-state index contributed by atoms with van der Waals surface area (Å²) in [6.45, 7) is 3.68. The van der Waals surface area contributed by atoms with Crippen molar-refractivity contribution in [3.05, 3.63) is 64.3 Å². The lowest BCUT2D eigenvalue weighted by Gasteiger charge is -2.35.